The number of aliphatic hydroxyl groups excluding tert-OH is 1. The molecule has 0 bridgehead atoms. The number of aliphatic hydroxyl groups is 1. The molecule has 29 heavy (non-hydrogen) atoms. The van der Waals surface area contributed by atoms with Crippen molar-refractivity contribution >= 4 is 0 Å². The minimum absolute atomic E-state index is 0.0633. The predicted octanol–water partition coefficient (Wildman–Crippen LogP) is 7.78. The summed E-state index contributed by atoms with van der Waals surface area (Å²) < 4.78 is 0. The predicted molar refractivity (Wildman–Crippen MR) is 124 cm³/mol. The van der Waals surface area contributed by atoms with Crippen molar-refractivity contribution in [3.8, 4) is 0 Å². The molecule has 0 radical (unpaired) electrons. The molecular weight excluding hydrogens is 352 g/mol. The molecule has 4 aliphatic carbocycles. The van der Waals surface area contributed by atoms with Gasteiger partial charge in [-0.05, 0) is 97.7 Å². The Balaban J connectivity index is 1.54. The van der Waals surface area contributed by atoms with Gasteiger partial charge in [-0.2, -0.15) is 0 Å². The van der Waals surface area contributed by atoms with Crippen LogP contribution in [-0.4, -0.2) is 11.2 Å². The normalized spacial score (nSPS) is 45.7. The van der Waals surface area contributed by atoms with Crippen molar-refractivity contribution in [1.29, 1.82) is 0 Å². The molecular formula is C28H48O. The van der Waals surface area contributed by atoms with E-state index in [4.69, 9.17) is 0 Å². The van der Waals surface area contributed by atoms with Gasteiger partial charge in [-0.15, -0.1) is 0 Å². The lowest BCUT2D eigenvalue weighted by Crippen LogP contribution is -2.49. The molecule has 4 rings (SSSR count). The van der Waals surface area contributed by atoms with Gasteiger partial charge in [-0.3, -0.25) is 0 Å². The Hall–Kier alpha value is -0.300. The molecule has 4 aliphatic rings. The Kier molecular flexibility index (Phi) is 6.04. The first-order valence-electron chi connectivity index (χ1n) is 13.1. The second-order valence-corrected chi connectivity index (χ2v) is 12.6. The van der Waals surface area contributed by atoms with Crippen LogP contribution in [-0.2, 0) is 0 Å². The Labute approximate surface area is 181 Å². The monoisotopic (exact) mass is 400 g/mol. The van der Waals surface area contributed by atoms with Crippen molar-refractivity contribution in [2.24, 2.45) is 46.3 Å². The maximum Gasteiger partial charge on any atom is 0.0569 e. The van der Waals surface area contributed by atoms with Crippen molar-refractivity contribution < 1.29 is 5.11 Å². The summed E-state index contributed by atoms with van der Waals surface area (Å²) in [5.74, 6) is 4.73. The molecule has 0 spiro atoms. The molecule has 0 aromatic rings. The maximum atomic E-state index is 10.5. The molecule has 8 atom stereocenters. The third-order valence-electron chi connectivity index (χ3n) is 10.7. The first kappa shape index (κ1) is 21.9. The highest BCUT2D eigenvalue weighted by Gasteiger charge is 2.56. The molecule has 2 saturated carbocycles. The van der Waals surface area contributed by atoms with Crippen LogP contribution < -0.4 is 0 Å². The molecule has 0 aliphatic heterocycles. The lowest BCUT2D eigenvalue weighted by molar-refractivity contribution is -0.0336. The van der Waals surface area contributed by atoms with E-state index in [1.54, 1.807) is 0 Å². The quantitative estimate of drug-likeness (QED) is 0.467. The molecule has 1 N–H and O–H groups in total. The zero-order valence-corrected chi connectivity index (χ0v) is 20.3. The third-order valence-corrected chi connectivity index (χ3v) is 10.7. The fraction of sp³-hybridized carbons (Fsp3) is 0.929. The van der Waals surface area contributed by atoms with Crippen molar-refractivity contribution in [3.63, 3.8) is 0 Å². The highest BCUT2D eigenvalue weighted by Crippen LogP contribution is 2.66. The van der Waals surface area contributed by atoms with Gasteiger partial charge in [-0.25, -0.2) is 0 Å². The number of hydrogen-bond donors (Lipinski definition) is 1. The Morgan fingerprint density at radius 2 is 1.72 bits per heavy atom. The van der Waals surface area contributed by atoms with Crippen LogP contribution in [0.15, 0.2) is 11.1 Å². The van der Waals surface area contributed by atoms with Crippen LogP contribution in [0.2, 0.25) is 0 Å². The summed E-state index contributed by atoms with van der Waals surface area (Å²) in [6.45, 7) is 14.9. The van der Waals surface area contributed by atoms with Crippen LogP contribution in [0.5, 0.6) is 0 Å². The first-order valence-corrected chi connectivity index (χ1v) is 13.1. The third kappa shape index (κ3) is 3.56. The second-order valence-electron chi connectivity index (χ2n) is 12.6. The topological polar surface area (TPSA) is 20.2 Å². The Morgan fingerprint density at radius 3 is 2.45 bits per heavy atom. The second kappa shape index (κ2) is 7.99. The fourth-order valence-corrected chi connectivity index (χ4v) is 8.93. The SMILES string of the molecule is CC(C)CCC[C@@H](C)C1CCC2C3=C(CC[C@@]21C)[C@@]1(C)CC[C@H](O)[C@@H](C)[C@@H]1CC3. The van der Waals surface area contributed by atoms with Gasteiger partial charge in [0.15, 0.2) is 0 Å². The van der Waals surface area contributed by atoms with E-state index in [9.17, 15) is 5.11 Å². The van der Waals surface area contributed by atoms with Crippen molar-refractivity contribution in [3.05, 3.63) is 11.1 Å². The van der Waals surface area contributed by atoms with Crippen LogP contribution in [0.1, 0.15) is 112 Å². The lowest BCUT2D eigenvalue weighted by Gasteiger charge is -2.56. The van der Waals surface area contributed by atoms with Crippen LogP contribution in [0, 0.1) is 46.3 Å². The molecule has 0 heterocycles. The highest BCUT2D eigenvalue weighted by molar-refractivity contribution is 5.34. The minimum atomic E-state index is -0.0633. The summed E-state index contributed by atoms with van der Waals surface area (Å²) in [6, 6.07) is 0. The molecule has 0 amide bonds. The van der Waals surface area contributed by atoms with Gasteiger partial charge in [0.1, 0.15) is 0 Å². The summed E-state index contributed by atoms with van der Waals surface area (Å²) in [5.41, 5.74) is 4.73. The van der Waals surface area contributed by atoms with Crippen LogP contribution in [0.4, 0.5) is 0 Å². The molecule has 2 unspecified atom stereocenters. The average molecular weight is 401 g/mol. The van der Waals surface area contributed by atoms with Crippen molar-refractivity contribution in [2.45, 2.75) is 118 Å². The summed E-state index contributed by atoms with van der Waals surface area (Å²) >= 11 is 0. The maximum absolute atomic E-state index is 10.5. The van der Waals surface area contributed by atoms with Gasteiger partial charge >= 0.3 is 0 Å². The molecule has 166 valence electrons. The fourth-order valence-electron chi connectivity index (χ4n) is 8.93. The molecule has 1 nitrogen and oxygen atoms in total. The van der Waals surface area contributed by atoms with E-state index in [-0.39, 0.29) is 6.10 Å². The standard InChI is InChI=1S/C28H48O/c1-18(2)8-7-9-19(3)22-12-13-24-21-10-11-23-20(4)26(29)15-17-28(23,6)25(21)14-16-27(22,24)5/h18-20,22-24,26,29H,7-17H2,1-6H3/t19-,20+,22?,23+,24?,26+,27-,28+/m1/s1. The van der Waals surface area contributed by atoms with E-state index in [0.29, 0.717) is 22.7 Å². The van der Waals surface area contributed by atoms with Gasteiger partial charge in [0.05, 0.1) is 6.10 Å². The summed E-state index contributed by atoms with van der Waals surface area (Å²) in [4.78, 5) is 0. The van der Waals surface area contributed by atoms with E-state index in [1.165, 1.54) is 64.2 Å². The smallest absolute Gasteiger partial charge is 0.0569 e. The largest absolute Gasteiger partial charge is 0.393 e. The summed E-state index contributed by atoms with van der Waals surface area (Å²) in [7, 11) is 0. The van der Waals surface area contributed by atoms with Crippen LogP contribution >= 0.6 is 0 Å². The zero-order valence-electron chi connectivity index (χ0n) is 20.3. The van der Waals surface area contributed by atoms with Crippen molar-refractivity contribution in [1.82, 2.24) is 0 Å². The highest BCUT2D eigenvalue weighted by atomic mass is 16.3. The minimum Gasteiger partial charge on any atom is -0.393 e. The van der Waals surface area contributed by atoms with E-state index < -0.39 is 0 Å². The van der Waals surface area contributed by atoms with Crippen LogP contribution in [0.3, 0.4) is 0 Å². The van der Waals surface area contributed by atoms with Gasteiger partial charge in [0, 0.05) is 0 Å². The summed E-state index contributed by atoms with van der Waals surface area (Å²) in [6.07, 6.45) is 14.8. The van der Waals surface area contributed by atoms with E-state index >= 15 is 0 Å². The van der Waals surface area contributed by atoms with Crippen molar-refractivity contribution in [2.75, 3.05) is 0 Å². The van der Waals surface area contributed by atoms with Gasteiger partial charge in [0.25, 0.3) is 0 Å². The Bertz CT molecular complexity index is 632. The first-order chi connectivity index (χ1) is 13.7. The number of hydrogen-bond acceptors (Lipinski definition) is 1. The molecule has 0 aromatic heterocycles. The van der Waals surface area contributed by atoms with Gasteiger partial charge < -0.3 is 5.11 Å². The molecule has 0 aromatic carbocycles. The average Bonchev–Trinajstić information content (AvgIpc) is 3.02. The Morgan fingerprint density at radius 1 is 0.966 bits per heavy atom. The number of fused-ring (bicyclic) bond motifs is 4. The number of rotatable bonds is 5. The van der Waals surface area contributed by atoms with Gasteiger partial charge in [-0.1, -0.05) is 72.0 Å². The zero-order chi connectivity index (χ0) is 21.0. The van der Waals surface area contributed by atoms with Gasteiger partial charge in [0.2, 0.25) is 0 Å². The van der Waals surface area contributed by atoms with E-state index in [1.807, 2.05) is 11.1 Å². The van der Waals surface area contributed by atoms with E-state index in [2.05, 4.69) is 41.5 Å². The number of allylic oxidation sites excluding steroid dienone is 2. The molecule has 2 fully saturated rings. The molecule has 0 saturated heterocycles. The van der Waals surface area contributed by atoms with E-state index in [0.717, 1.165) is 30.1 Å². The van der Waals surface area contributed by atoms with Crippen LogP contribution in [0.25, 0.3) is 0 Å². The lowest BCUT2D eigenvalue weighted by atomic mass is 9.49. The molecule has 1 heteroatoms. The summed E-state index contributed by atoms with van der Waals surface area (Å²) in [5, 5.41) is 10.5.